The molecule has 3 aromatic rings. The number of methoxy groups -OCH3 is 1. The lowest BCUT2D eigenvalue weighted by Gasteiger charge is -2.27. The fourth-order valence-corrected chi connectivity index (χ4v) is 6.12. The van der Waals surface area contributed by atoms with Crippen molar-refractivity contribution in [2.75, 3.05) is 18.2 Å². The summed E-state index contributed by atoms with van der Waals surface area (Å²) in [6.45, 7) is 1.93. The number of allylic oxidation sites excluding steroid dienone is 2. The molecule has 148 valence electrons. The Hall–Kier alpha value is -3.06. The van der Waals surface area contributed by atoms with Crippen LogP contribution in [0.2, 0.25) is 0 Å². The van der Waals surface area contributed by atoms with Gasteiger partial charge in [-0.2, -0.15) is 5.10 Å². The molecule has 6 nitrogen and oxygen atoms in total. The monoisotopic (exact) mass is 407 g/mol. The van der Waals surface area contributed by atoms with Crippen molar-refractivity contribution >= 4 is 15.7 Å². The number of para-hydroxylation sites is 1. The minimum Gasteiger partial charge on any atom is -0.497 e. The Morgan fingerprint density at radius 3 is 2.52 bits per heavy atom. The highest BCUT2D eigenvalue weighted by atomic mass is 32.2. The van der Waals surface area contributed by atoms with E-state index in [0.29, 0.717) is 11.3 Å². The molecule has 7 heteroatoms. The number of benzene rings is 2. The Kier molecular flexibility index (Phi) is 4.03. The number of nitrogens with zero attached hydrogens (tertiary/aromatic N) is 2. The molecular weight excluding hydrogens is 386 g/mol. The van der Waals surface area contributed by atoms with Crippen molar-refractivity contribution in [2.45, 2.75) is 19.3 Å². The van der Waals surface area contributed by atoms with Gasteiger partial charge in [0.25, 0.3) is 0 Å². The minimum absolute atomic E-state index is 0.138. The summed E-state index contributed by atoms with van der Waals surface area (Å²) in [7, 11) is -1.71. The van der Waals surface area contributed by atoms with Gasteiger partial charge in [-0.15, -0.1) is 0 Å². The zero-order chi connectivity index (χ0) is 20.2. The number of rotatable bonds is 3. The van der Waals surface area contributed by atoms with Crippen LogP contribution in [0.1, 0.15) is 29.2 Å². The van der Waals surface area contributed by atoms with Crippen LogP contribution in [-0.2, 0) is 9.84 Å². The van der Waals surface area contributed by atoms with E-state index in [1.165, 1.54) is 0 Å². The Bertz CT molecular complexity index is 1230. The predicted molar refractivity (Wildman–Crippen MR) is 112 cm³/mol. The van der Waals surface area contributed by atoms with Gasteiger partial charge in [-0.3, -0.25) is 0 Å². The average Bonchev–Trinajstić information content (AvgIpc) is 3.24. The van der Waals surface area contributed by atoms with Gasteiger partial charge >= 0.3 is 0 Å². The van der Waals surface area contributed by atoms with Crippen LogP contribution in [0.15, 0.2) is 65.2 Å². The van der Waals surface area contributed by atoms with Crippen molar-refractivity contribution in [1.29, 1.82) is 0 Å². The molecule has 0 aliphatic carbocycles. The minimum atomic E-state index is -3.33. The lowest BCUT2D eigenvalue weighted by atomic mass is 9.87. The molecular formula is C22H21N3O3S. The number of nitrogens with one attached hydrogen (secondary N) is 1. The van der Waals surface area contributed by atoms with E-state index in [0.717, 1.165) is 39.8 Å². The Morgan fingerprint density at radius 2 is 1.83 bits per heavy atom. The summed E-state index contributed by atoms with van der Waals surface area (Å²) in [5.74, 6) is 1.34. The Morgan fingerprint density at radius 1 is 1.10 bits per heavy atom. The second-order valence-electron chi connectivity index (χ2n) is 7.34. The number of hydrogen-bond acceptors (Lipinski definition) is 5. The topological polar surface area (TPSA) is 73.2 Å². The van der Waals surface area contributed by atoms with E-state index in [1.54, 1.807) is 7.11 Å². The SMILES string of the molecule is COc1ccc(C2C3=C(CCS3(=O)=O)Nc3c2c(C)nn3-c2ccccc2)cc1. The molecule has 5 rings (SSSR count). The molecule has 1 atom stereocenters. The smallest absolute Gasteiger partial charge is 0.177 e. The largest absolute Gasteiger partial charge is 0.497 e. The van der Waals surface area contributed by atoms with Crippen LogP contribution < -0.4 is 10.1 Å². The number of sulfone groups is 1. The summed E-state index contributed by atoms with van der Waals surface area (Å²) >= 11 is 0. The highest BCUT2D eigenvalue weighted by molar-refractivity contribution is 7.95. The molecule has 29 heavy (non-hydrogen) atoms. The third-order valence-electron chi connectivity index (χ3n) is 5.63. The maximum atomic E-state index is 13.0. The number of hydrogen-bond donors (Lipinski definition) is 1. The third-order valence-corrected chi connectivity index (χ3v) is 7.52. The normalized spacial score (nSPS) is 19.4. The maximum Gasteiger partial charge on any atom is 0.177 e. The van der Waals surface area contributed by atoms with Crippen molar-refractivity contribution in [3.63, 3.8) is 0 Å². The van der Waals surface area contributed by atoms with Crippen molar-refractivity contribution in [2.24, 2.45) is 0 Å². The van der Waals surface area contributed by atoms with Gasteiger partial charge in [-0.1, -0.05) is 30.3 Å². The molecule has 1 aromatic heterocycles. The van der Waals surface area contributed by atoms with Crippen LogP contribution >= 0.6 is 0 Å². The fraction of sp³-hybridized carbons (Fsp3) is 0.227. The van der Waals surface area contributed by atoms with E-state index in [1.807, 2.05) is 66.2 Å². The molecule has 2 aromatic carbocycles. The number of fused-ring (bicyclic) bond motifs is 1. The van der Waals surface area contributed by atoms with Gasteiger partial charge in [0.15, 0.2) is 9.84 Å². The number of aromatic nitrogens is 2. The summed E-state index contributed by atoms with van der Waals surface area (Å²) in [6, 6.07) is 17.5. The quantitative estimate of drug-likeness (QED) is 0.715. The standard InChI is InChI=1S/C22H21N3O3S/c1-14-19-20(15-8-10-17(28-2)11-9-15)21-18(12-13-29(21,26)27)23-22(19)25(24-14)16-6-4-3-5-7-16/h3-11,20,23H,12-13H2,1-2H3. The van der Waals surface area contributed by atoms with Crippen LogP contribution in [-0.4, -0.2) is 31.1 Å². The van der Waals surface area contributed by atoms with Gasteiger partial charge in [-0.25, -0.2) is 13.1 Å². The van der Waals surface area contributed by atoms with Crippen LogP contribution in [0.5, 0.6) is 5.75 Å². The summed E-state index contributed by atoms with van der Waals surface area (Å²) in [6.07, 6.45) is 0.489. The van der Waals surface area contributed by atoms with Crippen molar-refractivity contribution in [1.82, 2.24) is 9.78 Å². The first kappa shape index (κ1) is 18.0. The Labute approximate surface area is 169 Å². The van der Waals surface area contributed by atoms with Crippen molar-refractivity contribution < 1.29 is 13.2 Å². The van der Waals surface area contributed by atoms with E-state index in [2.05, 4.69) is 5.32 Å². The summed E-state index contributed by atoms with van der Waals surface area (Å²) in [4.78, 5) is 0.478. The Balaban J connectivity index is 1.75. The van der Waals surface area contributed by atoms with Crippen LogP contribution in [0.25, 0.3) is 5.69 Å². The second-order valence-corrected chi connectivity index (χ2v) is 9.42. The fourth-order valence-electron chi connectivity index (χ4n) is 4.28. The van der Waals surface area contributed by atoms with Crippen LogP contribution in [0.3, 0.4) is 0 Å². The van der Waals surface area contributed by atoms with Crippen LogP contribution in [0.4, 0.5) is 5.82 Å². The van der Waals surface area contributed by atoms with E-state index in [-0.39, 0.29) is 11.7 Å². The predicted octanol–water partition coefficient (Wildman–Crippen LogP) is 3.78. The van der Waals surface area contributed by atoms with Gasteiger partial charge in [-0.05, 0) is 36.8 Å². The van der Waals surface area contributed by atoms with E-state index < -0.39 is 9.84 Å². The number of aryl methyl sites for hydroxylation is 1. The molecule has 2 aliphatic heterocycles. The molecule has 1 N–H and O–H groups in total. The average molecular weight is 407 g/mol. The molecule has 0 saturated carbocycles. The van der Waals surface area contributed by atoms with E-state index in [4.69, 9.17) is 9.84 Å². The lowest BCUT2D eigenvalue weighted by Crippen LogP contribution is -2.20. The first-order valence-electron chi connectivity index (χ1n) is 9.51. The summed E-state index contributed by atoms with van der Waals surface area (Å²) in [5.41, 5.74) is 4.34. The zero-order valence-corrected chi connectivity index (χ0v) is 17.0. The molecule has 2 aliphatic rings. The lowest BCUT2D eigenvalue weighted by molar-refractivity contribution is 0.414. The molecule has 0 bridgehead atoms. The third kappa shape index (κ3) is 2.76. The molecule has 0 amide bonds. The van der Waals surface area contributed by atoms with E-state index in [9.17, 15) is 8.42 Å². The van der Waals surface area contributed by atoms with Gasteiger partial charge in [0.1, 0.15) is 11.6 Å². The molecule has 3 heterocycles. The second kappa shape index (κ2) is 6.49. The van der Waals surface area contributed by atoms with Gasteiger partial charge < -0.3 is 10.1 Å². The zero-order valence-electron chi connectivity index (χ0n) is 16.2. The van der Waals surface area contributed by atoms with Crippen molar-refractivity contribution in [3.05, 3.63) is 82.0 Å². The molecule has 1 unspecified atom stereocenters. The number of anilines is 1. The maximum absolute atomic E-state index is 13.0. The summed E-state index contributed by atoms with van der Waals surface area (Å²) in [5, 5.41) is 8.16. The molecule has 0 saturated heterocycles. The highest BCUT2D eigenvalue weighted by Gasteiger charge is 2.43. The molecule has 0 fully saturated rings. The van der Waals surface area contributed by atoms with Gasteiger partial charge in [0.05, 0.1) is 35.1 Å². The highest BCUT2D eigenvalue weighted by Crippen LogP contribution is 2.49. The summed E-state index contributed by atoms with van der Waals surface area (Å²) < 4.78 is 33.1. The first-order valence-corrected chi connectivity index (χ1v) is 11.2. The molecule has 0 spiro atoms. The van der Waals surface area contributed by atoms with Gasteiger partial charge in [0.2, 0.25) is 0 Å². The molecule has 0 radical (unpaired) electrons. The van der Waals surface area contributed by atoms with Gasteiger partial charge in [0, 0.05) is 17.7 Å². The van der Waals surface area contributed by atoms with E-state index >= 15 is 0 Å². The van der Waals surface area contributed by atoms with Crippen molar-refractivity contribution in [3.8, 4) is 11.4 Å². The first-order chi connectivity index (χ1) is 14.0. The number of ether oxygens (including phenoxy) is 1. The van der Waals surface area contributed by atoms with Crippen LogP contribution in [0, 0.1) is 6.92 Å².